The molecule has 1 unspecified atom stereocenters. The van der Waals surface area contributed by atoms with Crippen LogP contribution in [0.2, 0.25) is 0 Å². The molecule has 0 spiro atoms. The average molecular weight is 310 g/mol. The number of nitrogens with zero attached hydrogens (tertiary/aromatic N) is 4. The van der Waals surface area contributed by atoms with Gasteiger partial charge < -0.3 is 4.90 Å². The lowest BCUT2D eigenvalue weighted by Gasteiger charge is -2.28. The molecular weight excluding hydrogens is 284 g/mol. The molecule has 0 bridgehead atoms. The van der Waals surface area contributed by atoms with E-state index >= 15 is 0 Å². The van der Waals surface area contributed by atoms with Crippen LogP contribution in [-0.2, 0) is 0 Å². The van der Waals surface area contributed by atoms with Crippen molar-refractivity contribution >= 4 is 16.6 Å². The SMILES string of the molecule is CC1CCC(c2ccc3cn(C4CCN(C)CC4)nc3c2)=NC1. The summed E-state index contributed by atoms with van der Waals surface area (Å²) in [5.74, 6) is 0.728. The molecule has 4 heteroatoms. The minimum Gasteiger partial charge on any atom is -0.306 e. The van der Waals surface area contributed by atoms with E-state index < -0.39 is 0 Å². The summed E-state index contributed by atoms with van der Waals surface area (Å²) in [6, 6.07) is 7.21. The van der Waals surface area contributed by atoms with Crippen LogP contribution in [0.3, 0.4) is 0 Å². The van der Waals surface area contributed by atoms with Crippen LogP contribution in [0, 0.1) is 5.92 Å². The predicted octanol–water partition coefficient (Wildman–Crippen LogP) is 3.52. The van der Waals surface area contributed by atoms with Crippen molar-refractivity contribution < 1.29 is 0 Å². The molecule has 4 nitrogen and oxygen atoms in total. The van der Waals surface area contributed by atoms with Crippen molar-refractivity contribution in [2.45, 2.75) is 38.6 Å². The summed E-state index contributed by atoms with van der Waals surface area (Å²) in [6.45, 7) is 5.59. The third-order valence-corrected chi connectivity index (χ3v) is 5.39. The summed E-state index contributed by atoms with van der Waals surface area (Å²) in [4.78, 5) is 7.17. The van der Waals surface area contributed by atoms with Crippen molar-refractivity contribution in [2.75, 3.05) is 26.7 Å². The first-order valence-corrected chi connectivity index (χ1v) is 8.90. The molecule has 1 aromatic carbocycles. The molecule has 2 aromatic rings. The van der Waals surface area contributed by atoms with Gasteiger partial charge in [0, 0.05) is 23.8 Å². The van der Waals surface area contributed by atoms with Crippen molar-refractivity contribution in [1.29, 1.82) is 0 Å². The van der Waals surface area contributed by atoms with E-state index in [0.717, 1.165) is 24.4 Å². The van der Waals surface area contributed by atoms with Crippen molar-refractivity contribution in [1.82, 2.24) is 14.7 Å². The smallest absolute Gasteiger partial charge is 0.0930 e. The number of hydrogen-bond donors (Lipinski definition) is 0. The van der Waals surface area contributed by atoms with Gasteiger partial charge in [-0.25, -0.2) is 0 Å². The van der Waals surface area contributed by atoms with E-state index in [0.29, 0.717) is 6.04 Å². The number of fused-ring (bicyclic) bond motifs is 1. The van der Waals surface area contributed by atoms with Gasteiger partial charge in [-0.15, -0.1) is 0 Å². The highest BCUT2D eigenvalue weighted by molar-refractivity contribution is 6.03. The van der Waals surface area contributed by atoms with Gasteiger partial charge in [-0.3, -0.25) is 9.67 Å². The Morgan fingerprint density at radius 3 is 2.70 bits per heavy atom. The molecule has 3 heterocycles. The fourth-order valence-electron chi connectivity index (χ4n) is 3.72. The van der Waals surface area contributed by atoms with Gasteiger partial charge in [-0.2, -0.15) is 5.10 Å². The van der Waals surface area contributed by atoms with E-state index in [1.54, 1.807) is 0 Å². The highest BCUT2D eigenvalue weighted by Gasteiger charge is 2.20. The molecule has 23 heavy (non-hydrogen) atoms. The van der Waals surface area contributed by atoms with Crippen LogP contribution in [-0.4, -0.2) is 47.1 Å². The van der Waals surface area contributed by atoms with Crippen LogP contribution in [0.1, 0.15) is 44.2 Å². The maximum Gasteiger partial charge on any atom is 0.0930 e. The maximum absolute atomic E-state index is 4.88. The molecule has 0 N–H and O–H groups in total. The average Bonchev–Trinajstić information content (AvgIpc) is 2.99. The lowest BCUT2D eigenvalue weighted by atomic mass is 9.95. The molecule has 2 aliphatic heterocycles. The Balaban J connectivity index is 1.60. The van der Waals surface area contributed by atoms with E-state index in [2.05, 4.69) is 47.9 Å². The van der Waals surface area contributed by atoms with Crippen LogP contribution < -0.4 is 0 Å². The monoisotopic (exact) mass is 310 g/mol. The topological polar surface area (TPSA) is 33.4 Å². The standard InChI is InChI=1S/C19H26N4/c1-14-3-6-18(20-12-14)15-4-5-16-13-23(21-19(16)11-15)17-7-9-22(2)10-8-17/h4-5,11,13-14,17H,3,6-10,12H2,1-2H3. The van der Waals surface area contributed by atoms with E-state index in [-0.39, 0.29) is 0 Å². The van der Waals surface area contributed by atoms with Crippen LogP contribution >= 0.6 is 0 Å². The van der Waals surface area contributed by atoms with Crippen molar-refractivity contribution in [3.05, 3.63) is 30.0 Å². The molecular formula is C19H26N4. The predicted molar refractivity (Wildman–Crippen MR) is 95.3 cm³/mol. The van der Waals surface area contributed by atoms with Gasteiger partial charge in [0.2, 0.25) is 0 Å². The van der Waals surface area contributed by atoms with Crippen LogP contribution in [0.25, 0.3) is 10.9 Å². The zero-order chi connectivity index (χ0) is 15.8. The number of aromatic nitrogens is 2. The number of benzene rings is 1. The summed E-state index contributed by atoms with van der Waals surface area (Å²) in [6.07, 6.45) is 6.97. The molecule has 1 fully saturated rings. The second-order valence-corrected chi connectivity index (χ2v) is 7.35. The lowest BCUT2D eigenvalue weighted by molar-refractivity contribution is 0.213. The van der Waals surface area contributed by atoms with Gasteiger partial charge in [0.1, 0.15) is 0 Å². The third-order valence-electron chi connectivity index (χ3n) is 5.39. The van der Waals surface area contributed by atoms with Gasteiger partial charge in [0.05, 0.1) is 11.6 Å². The summed E-state index contributed by atoms with van der Waals surface area (Å²) in [5.41, 5.74) is 3.64. The number of likely N-dealkylation sites (tertiary alicyclic amines) is 1. The van der Waals surface area contributed by atoms with Crippen LogP contribution in [0.4, 0.5) is 0 Å². The van der Waals surface area contributed by atoms with Crippen molar-refractivity contribution in [2.24, 2.45) is 10.9 Å². The minimum absolute atomic E-state index is 0.551. The summed E-state index contributed by atoms with van der Waals surface area (Å²) in [5, 5.41) is 6.12. The Morgan fingerprint density at radius 2 is 1.96 bits per heavy atom. The van der Waals surface area contributed by atoms with Gasteiger partial charge in [0.15, 0.2) is 0 Å². The maximum atomic E-state index is 4.88. The number of hydrogen-bond acceptors (Lipinski definition) is 3. The highest BCUT2D eigenvalue weighted by atomic mass is 15.3. The van der Waals surface area contributed by atoms with Crippen LogP contribution in [0.5, 0.6) is 0 Å². The zero-order valence-corrected chi connectivity index (χ0v) is 14.2. The molecule has 1 aromatic heterocycles. The second-order valence-electron chi connectivity index (χ2n) is 7.35. The first-order chi connectivity index (χ1) is 11.2. The van der Waals surface area contributed by atoms with Crippen LogP contribution in [0.15, 0.2) is 29.4 Å². The van der Waals surface area contributed by atoms with E-state index in [1.807, 2.05) is 0 Å². The summed E-state index contributed by atoms with van der Waals surface area (Å²) in [7, 11) is 2.20. The van der Waals surface area contributed by atoms with Crippen molar-refractivity contribution in [3.8, 4) is 0 Å². The van der Waals surface area contributed by atoms with Gasteiger partial charge in [-0.05, 0) is 63.4 Å². The quantitative estimate of drug-likeness (QED) is 0.850. The van der Waals surface area contributed by atoms with Gasteiger partial charge in [0.25, 0.3) is 0 Å². The minimum atomic E-state index is 0.551. The third kappa shape index (κ3) is 3.05. The molecule has 0 radical (unpaired) electrons. The Morgan fingerprint density at radius 1 is 1.13 bits per heavy atom. The Kier molecular flexibility index (Phi) is 3.93. The van der Waals surface area contributed by atoms with E-state index in [4.69, 9.17) is 10.1 Å². The first kappa shape index (κ1) is 14.9. The fourth-order valence-corrected chi connectivity index (χ4v) is 3.72. The molecule has 1 atom stereocenters. The highest BCUT2D eigenvalue weighted by Crippen LogP contribution is 2.25. The normalized spacial score (nSPS) is 24.1. The molecule has 0 saturated carbocycles. The second kappa shape index (κ2) is 6.08. The van der Waals surface area contributed by atoms with Gasteiger partial charge >= 0.3 is 0 Å². The number of rotatable bonds is 2. The Bertz CT molecular complexity index is 722. The Hall–Kier alpha value is -1.68. The van der Waals surface area contributed by atoms with E-state index in [9.17, 15) is 0 Å². The molecule has 4 rings (SSSR count). The Labute approximate surface area is 138 Å². The lowest BCUT2D eigenvalue weighted by Crippen LogP contribution is -2.31. The fraction of sp³-hybridized carbons (Fsp3) is 0.579. The van der Waals surface area contributed by atoms with Gasteiger partial charge in [-0.1, -0.05) is 19.1 Å². The number of aliphatic imine (C=N–C) groups is 1. The molecule has 1 saturated heterocycles. The van der Waals surface area contributed by atoms with Crippen molar-refractivity contribution in [3.63, 3.8) is 0 Å². The first-order valence-electron chi connectivity index (χ1n) is 8.90. The molecule has 0 amide bonds. The largest absolute Gasteiger partial charge is 0.306 e. The summed E-state index contributed by atoms with van der Waals surface area (Å²) >= 11 is 0. The molecule has 2 aliphatic rings. The zero-order valence-electron chi connectivity index (χ0n) is 14.2. The molecule has 0 aliphatic carbocycles. The van der Waals surface area contributed by atoms with E-state index in [1.165, 1.54) is 49.0 Å². The summed E-state index contributed by atoms with van der Waals surface area (Å²) < 4.78 is 2.20. The number of piperidine rings is 1. The molecule has 122 valence electrons.